The van der Waals surface area contributed by atoms with Crippen molar-refractivity contribution in [3.05, 3.63) is 18.0 Å². The molecule has 0 aliphatic carbocycles. The van der Waals surface area contributed by atoms with Crippen LogP contribution < -0.4 is 5.32 Å². The highest BCUT2D eigenvalue weighted by molar-refractivity contribution is 5.08. The SMILES string of the molecule is CCC(CCCn1cc(C(F)(F)F)cn1)NC. The minimum absolute atomic E-state index is 0.424. The van der Waals surface area contributed by atoms with Gasteiger partial charge in [0.1, 0.15) is 0 Å². The fourth-order valence-corrected chi connectivity index (χ4v) is 1.68. The topological polar surface area (TPSA) is 29.9 Å². The Morgan fingerprint density at radius 3 is 2.65 bits per heavy atom. The van der Waals surface area contributed by atoms with Crippen molar-refractivity contribution in [1.82, 2.24) is 15.1 Å². The van der Waals surface area contributed by atoms with Gasteiger partial charge in [0.25, 0.3) is 0 Å². The maximum absolute atomic E-state index is 12.3. The van der Waals surface area contributed by atoms with E-state index in [0.29, 0.717) is 12.6 Å². The maximum atomic E-state index is 12.3. The predicted molar refractivity (Wildman–Crippen MR) is 59.6 cm³/mol. The molecule has 0 aliphatic rings. The Labute approximate surface area is 99.0 Å². The van der Waals surface area contributed by atoms with Gasteiger partial charge in [-0.15, -0.1) is 0 Å². The number of aryl methyl sites for hydroxylation is 1. The summed E-state index contributed by atoms with van der Waals surface area (Å²) in [4.78, 5) is 0. The standard InChI is InChI=1S/C11H18F3N3/c1-3-10(15-2)5-4-6-17-8-9(7-16-17)11(12,13)14/h7-8,10,15H,3-6H2,1-2H3. The highest BCUT2D eigenvalue weighted by atomic mass is 19.4. The van der Waals surface area contributed by atoms with Gasteiger partial charge in [0.2, 0.25) is 0 Å². The molecule has 1 aromatic heterocycles. The van der Waals surface area contributed by atoms with Gasteiger partial charge in [0, 0.05) is 18.8 Å². The van der Waals surface area contributed by atoms with E-state index < -0.39 is 11.7 Å². The molecule has 3 nitrogen and oxygen atoms in total. The van der Waals surface area contributed by atoms with Crippen molar-refractivity contribution in [1.29, 1.82) is 0 Å². The monoisotopic (exact) mass is 249 g/mol. The van der Waals surface area contributed by atoms with Gasteiger partial charge in [0.05, 0.1) is 11.8 Å². The molecule has 1 aromatic rings. The second-order valence-electron chi connectivity index (χ2n) is 4.03. The van der Waals surface area contributed by atoms with Crippen LogP contribution in [0.1, 0.15) is 31.7 Å². The average molecular weight is 249 g/mol. The van der Waals surface area contributed by atoms with E-state index in [1.807, 2.05) is 7.05 Å². The lowest BCUT2D eigenvalue weighted by molar-refractivity contribution is -0.137. The van der Waals surface area contributed by atoms with Crippen LogP contribution in [0.4, 0.5) is 13.2 Å². The first-order chi connectivity index (χ1) is 7.97. The smallest absolute Gasteiger partial charge is 0.317 e. The fourth-order valence-electron chi connectivity index (χ4n) is 1.68. The first kappa shape index (κ1) is 14.0. The molecule has 6 heteroatoms. The summed E-state index contributed by atoms with van der Waals surface area (Å²) in [5, 5.41) is 6.87. The third-order valence-electron chi connectivity index (χ3n) is 2.80. The highest BCUT2D eigenvalue weighted by Gasteiger charge is 2.32. The van der Waals surface area contributed by atoms with Crippen molar-refractivity contribution in [2.24, 2.45) is 0 Å². The molecule has 0 saturated heterocycles. The Hall–Kier alpha value is -1.04. The van der Waals surface area contributed by atoms with Crippen molar-refractivity contribution in [3.63, 3.8) is 0 Å². The van der Waals surface area contributed by atoms with E-state index >= 15 is 0 Å². The normalized spacial score (nSPS) is 13.9. The third kappa shape index (κ3) is 4.38. The number of halogens is 3. The molecule has 0 fully saturated rings. The Bertz CT molecular complexity index is 329. The Balaban J connectivity index is 2.40. The van der Waals surface area contributed by atoms with Gasteiger partial charge in [-0.3, -0.25) is 4.68 Å². The van der Waals surface area contributed by atoms with Crippen LogP contribution in [0.15, 0.2) is 12.4 Å². The van der Waals surface area contributed by atoms with E-state index in [4.69, 9.17) is 0 Å². The molecule has 1 N–H and O–H groups in total. The van der Waals surface area contributed by atoms with Crippen LogP contribution in [0.3, 0.4) is 0 Å². The van der Waals surface area contributed by atoms with Crippen molar-refractivity contribution < 1.29 is 13.2 Å². The van der Waals surface area contributed by atoms with Crippen LogP contribution in [0.2, 0.25) is 0 Å². The maximum Gasteiger partial charge on any atom is 0.419 e. The van der Waals surface area contributed by atoms with Gasteiger partial charge < -0.3 is 5.32 Å². The van der Waals surface area contributed by atoms with E-state index in [9.17, 15) is 13.2 Å². The molecule has 17 heavy (non-hydrogen) atoms. The summed E-state index contributed by atoms with van der Waals surface area (Å²) in [6, 6.07) is 0.424. The lowest BCUT2D eigenvalue weighted by Gasteiger charge is -2.12. The molecular formula is C11H18F3N3. The summed E-state index contributed by atoms with van der Waals surface area (Å²) in [5.41, 5.74) is -0.682. The number of nitrogens with zero attached hydrogens (tertiary/aromatic N) is 2. The molecule has 98 valence electrons. The van der Waals surface area contributed by atoms with Crippen LogP contribution in [0.5, 0.6) is 0 Å². The van der Waals surface area contributed by atoms with Crippen molar-refractivity contribution in [2.75, 3.05) is 7.05 Å². The number of hydrogen-bond acceptors (Lipinski definition) is 2. The van der Waals surface area contributed by atoms with Crippen molar-refractivity contribution in [3.8, 4) is 0 Å². The summed E-state index contributed by atoms with van der Waals surface area (Å²) >= 11 is 0. The summed E-state index contributed by atoms with van der Waals surface area (Å²) in [6.07, 6.45) is 0.404. The quantitative estimate of drug-likeness (QED) is 0.840. The molecule has 0 aliphatic heterocycles. The number of rotatable bonds is 6. The third-order valence-corrected chi connectivity index (χ3v) is 2.80. The summed E-state index contributed by atoms with van der Waals surface area (Å²) in [5.74, 6) is 0. The Morgan fingerprint density at radius 1 is 1.47 bits per heavy atom. The van der Waals surface area contributed by atoms with Crippen LogP contribution in [-0.4, -0.2) is 22.9 Å². The van der Waals surface area contributed by atoms with E-state index in [-0.39, 0.29) is 0 Å². The second-order valence-corrected chi connectivity index (χ2v) is 4.03. The van der Waals surface area contributed by atoms with Crippen molar-refractivity contribution >= 4 is 0 Å². The lowest BCUT2D eigenvalue weighted by Crippen LogP contribution is -2.24. The van der Waals surface area contributed by atoms with Gasteiger partial charge in [-0.1, -0.05) is 6.92 Å². The van der Waals surface area contributed by atoms with Crippen LogP contribution in [0, 0.1) is 0 Å². The molecule has 0 spiro atoms. The van der Waals surface area contributed by atoms with Gasteiger partial charge in [-0.05, 0) is 26.3 Å². The van der Waals surface area contributed by atoms with Gasteiger partial charge in [-0.25, -0.2) is 0 Å². The first-order valence-corrected chi connectivity index (χ1v) is 5.74. The van der Waals surface area contributed by atoms with Gasteiger partial charge in [0.15, 0.2) is 0 Å². The zero-order valence-electron chi connectivity index (χ0n) is 10.1. The minimum Gasteiger partial charge on any atom is -0.317 e. The van der Waals surface area contributed by atoms with E-state index in [2.05, 4.69) is 17.3 Å². The Morgan fingerprint density at radius 2 is 2.18 bits per heavy atom. The minimum atomic E-state index is -4.30. The second kappa shape index (κ2) is 6.05. The summed E-state index contributed by atoms with van der Waals surface area (Å²) in [6.45, 7) is 2.60. The molecule has 1 unspecified atom stereocenters. The molecule has 1 rings (SSSR count). The van der Waals surface area contributed by atoms with Crippen molar-refractivity contribution in [2.45, 2.75) is 44.9 Å². The zero-order valence-corrected chi connectivity index (χ0v) is 10.1. The fraction of sp³-hybridized carbons (Fsp3) is 0.727. The van der Waals surface area contributed by atoms with E-state index in [0.717, 1.165) is 31.7 Å². The van der Waals surface area contributed by atoms with E-state index in [1.54, 1.807) is 0 Å². The number of alkyl halides is 3. The molecular weight excluding hydrogens is 231 g/mol. The van der Waals surface area contributed by atoms with Crippen LogP contribution in [-0.2, 0) is 12.7 Å². The number of nitrogens with one attached hydrogen (secondary N) is 1. The molecule has 1 atom stereocenters. The Kier molecular flexibility index (Phi) is 4.99. The average Bonchev–Trinajstić information content (AvgIpc) is 2.73. The summed E-state index contributed by atoms with van der Waals surface area (Å²) < 4.78 is 38.2. The molecule has 0 aromatic carbocycles. The summed E-state index contributed by atoms with van der Waals surface area (Å²) in [7, 11) is 1.89. The number of hydrogen-bond donors (Lipinski definition) is 1. The first-order valence-electron chi connectivity index (χ1n) is 5.74. The van der Waals surface area contributed by atoms with E-state index in [1.165, 1.54) is 4.68 Å². The van der Waals surface area contributed by atoms with Crippen LogP contribution >= 0.6 is 0 Å². The van der Waals surface area contributed by atoms with Gasteiger partial charge >= 0.3 is 6.18 Å². The molecule has 0 saturated carbocycles. The lowest BCUT2D eigenvalue weighted by atomic mass is 10.1. The number of aromatic nitrogens is 2. The molecule has 0 radical (unpaired) electrons. The van der Waals surface area contributed by atoms with Crippen LogP contribution in [0.25, 0.3) is 0 Å². The van der Waals surface area contributed by atoms with Gasteiger partial charge in [-0.2, -0.15) is 18.3 Å². The zero-order chi connectivity index (χ0) is 12.9. The molecule has 1 heterocycles. The molecule has 0 bridgehead atoms. The largest absolute Gasteiger partial charge is 0.419 e. The highest BCUT2D eigenvalue weighted by Crippen LogP contribution is 2.28. The predicted octanol–water partition coefficient (Wildman–Crippen LogP) is 2.68. The molecule has 0 amide bonds.